The van der Waals surface area contributed by atoms with Crippen LogP contribution < -0.4 is 5.56 Å². The van der Waals surface area contributed by atoms with Gasteiger partial charge in [-0.2, -0.15) is 0 Å². The number of hydrogen-bond acceptors (Lipinski definition) is 4. The van der Waals surface area contributed by atoms with Gasteiger partial charge >= 0.3 is 0 Å². The van der Waals surface area contributed by atoms with E-state index >= 15 is 0 Å². The van der Waals surface area contributed by atoms with E-state index in [-0.39, 0.29) is 11.6 Å². The minimum Gasteiger partial charge on any atom is -0.295 e. The van der Waals surface area contributed by atoms with Crippen LogP contribution in [0.4, 0.5) is 0 Å². The summed E-state index contributed by atoms with van der Waals surface area (Å²) in [4.78, 5) is 25.3. The molecule has 0 bridgehead atoms. The van der Waals surface area contributed by atoms with Gasteiger partial charge in [0.05, 0.1) is 5.39 Å². The van der Waals surface area contributed by atoms with Crippen LogP contribution in [0.5, 0.6) is 0 Å². The van der Waals surface area contributed by atoms with E-state index in [1.54, 1.807) is 35.4 Å². The van der Waals surface area contributed by atoms with Crippen molar-refractivity contribution in [2.45, 2.75) is 26.3 Å². The van der Waals surface area contributed by atoms with Gasteiger partial charge in [0.25, 0.3) is 5.56 Å². The molecule has 5 nitrogen and oxygen atoms in total. The first-order valence-electron chi connectivity index (χ1n) is 6.89. The summed E-state index contributed by atoms with van der Waals surface area (Å²) in [5, 5.41) is 0.546. The zero-order chi connectivity index (χ0) is 14.8. The van der Waals surface area contributed by atoms with Crippen LogP contribution >= 0.6 is 0 Å². The molecule has 3 aromatic rings. The van der Waals surface area contributed by atoms with Crippen LogP contribution in [0.25, 0.3) is 11.0 Å². The van der Waals surface area contributed by atoms with E-state index in [0.717, 1.165) is 11.3 Å². The maximum Gasteiger partial charge on any atom is 0.263 e. The van der Waals surface area contributed by atoms with E-state index in [1.807, 2.05) is 26.0 Å². The first-order valence-corrected chi connectivity index (χ1v) is 6.89. The number of pyridine rings is 2. The average molecular weight is 280 g/mol. The van der Waals surface area contributed by atoms with Crippen molar-refractivity contribution < 1.29 is 0 Å². The molecule has 3 aromatic heterocycles. The normalized spacial score (nSPS) is 12.5. The maximum absolute atomic E-state index is 12.5. The minimum atomic E-state index is -0.0609. The largest absolute Gasteiger partial charge is 0.295 e. The lowest BCUT2D eigenvalue weighted by atomic mass is 10.1. The predicted molar refractivity (Wildman–Crippen MR) is 81.2 cm³/mol. The topological polar surface area (TPSA) is 60.7 Å². The van der Waals surface area contributed by atoms with Crippen LogP contribution in [0.2, 0.25) is 0 Å². The van der Waals surface area contributed by atoms with Crippen LogP contribution in [-0.2, 0) is 6.42 Å². The minimum absolute atomic E-state index is 0.0109. The summed E-state index contributed by atoms with van der Waals surface area (Å²) in [6.07, 6.45) is 5.68. The molecule has 0 saturated carbocycles. The molecule has 0 N–H and O–H groups in total. The number of hydrogen-bond donors (Lipinski definition) is 0. The van der Waals surface area contributed by atoms with E-state index in [2.05, 4.69) is 15.0 Å². The van der Waals surface area contributed by atoms with E-state index in [9.17, 15) is 4.79 Å². The fourth-order valence-electron chi connectivity index (χ4n) is 2.40. The standard InChI is InChI=1S/C16H16N4O/c1-11-5-3-7-17-14(11)9-12(2)20-10-19-15-13(16(20)21)6-4-8-18-15/h3-8,10,12H,9H2,1-2H3/t12-/m0/s1. The molecule has 21 heavy (non-hydrogen) atoms. The van der Waals surface area contributed by atoms with Gasteiger partial charge < -0.3 is 0 Å². The Kier molecular flexibility index (Phi) is 3.48. The number of fused-ring (bicyclic) bond motifs is 1. The quantitative estimate of drug-likeness (QED) is 0.738. The second-order valence-corrected chi connectivity index (χ2v) is 5.15. The van der Waals surface area contributed by atoms with Crippen LogP contribution in [0, 0.1) is 6.92 Å². The molecule has 0 radical (unpaired) electrons. The third-order valence-corrected chi connectivity index (χ3v) is 3.64. The highest BCUT2D eigenvalue weighted by molar-refractivity contribution is 5.72. The Morgan fingerprint density at radius 1 is 1.14 bits per heavy atom. The molecule has 5 heteroatoms. The van der Waals surface area contributed by atoms with Crippen LogP contribution in [-0.4, -0.2) is 19.5 Å². The summed E-state index contributed by atoms with van der Waals surface area (Å²) in [6, 6.07) is 7.44. The number of aryl methyl sites for hydroxylation is 1. The molecule has 0 aliphatic rings. The Morgan fingerprint density at radius 2 is 1.90 bits per heavy atom. The van der Waals surface area contributed by atoms with Gasteiger partial charge in [0.2, 0.25) is 0 Å². The zero-order valence-corrected chi connectivity index (χ0v) is 12.0. The van der Waals surface area contributed by atoms with Crippen molar-refractivity contribution >= 4 is 11.0 Å². The second-order valence-electron chi connectivity index (χ2n) is 5.15. The van der Waals surface area contributed by atoms with Crippen molar-refractivity contribution in [2.75, 3.05) is 0 Å². The summed E-state index contributed by atoms with van der Waals surface area (Å²) in [7, 11) is 0. The van der Waals surface area contributed by atoms with Crippen molar-refractivity contribution in [1.29, 1.82) is 0 Å². The van der Waals surface area contributed by atoms with Crippen LogP contribution in [0.1, 0.15) is 24.2 Å². The maximum atomic E-state index is 12.5. The first-order chi connectivity index (χ1) is 10.2. The van der Waals surface area contributed by atoms with Gasteiger partial charge in [0.1, 0.15) is 6.33 Å². The summed E-state index contributed by atoms with van der Waals surface area (Å²) in [5.41, 5.74) is 2.56. The third kappa shape index (κ3) is 2.54. The Bertz CT molecular complexity index is 841. The Balaban J connectivity index is 1.99. The van der Waals surface area contributed by atoms with Crippen molar-refractivity contribution in [1.82, 2.24) is 19.5 Å². The van der Waals surface area contributed by atoms with Gasteiger partial charge in [-0.3, -0.25) is 14.3 Å². The smallest absolute Gasteiger partial charge is 0.263 e. The van der Waals surface area contributed by atoms with Crippen molar-refractivity contribution in [3.63, 3.8) is 0 Å². The molecule has 1 atom stereocenters. The van der Waals surface area contributed by atoms with Gasteiger partial charge in [0, 0.05) is 30.6 Å². The van der Waals surface area contributed by atoms with Gasteiger partial charge in [-0.15, -0.1) is 0 Å². The van der Waals surface area contributed by atoms with Gasteiger partial charge in [0.15, 0.2) is 5.65 Å². The van der Waals surface area contributed by atoms with Gasteiger partial charge in [-0.05, 0) is 37.6 Å². The molecular formula is C16H16N4O. The summed E-state index contributed by atoms with van der Waals surface area (Å²) in [5.74, 6) is 0. The highest BCUT2D eigenvalue weighted by Crippen LogP contribution is 2.14. The van der Waals surface area contributed by atoms with Crippen LogP contribution in [0.15, 0.2) is 47.8 Å². The molecule has 0 spiro atoms. The van der Waals surface area contributed by atoms with Crippen molar-refractivity contribution in [3.8, 4) is 0 Å². The molecule has 0 saturated heterocycles. The first kappa shape index (κ1) is 13.4. The highest BCUT2D eigenvalue weighted by Gasteiger charge is 2.12. The molecular weight excluding hydrogens is 264 g/mol. The molecule has 0 aliphatic heterocycles. The van der Waals surface area contributed by atoms with Gasteiger partial charge in [-0.25, -0.2) is 9.97 Å². The zero-order valence-electron chi connectivity index (χ0n) is 12.0. The fraction of sp³-hybridized carbons (Fsp3) is 0.250. The highest BCUT2D eigenvalue weighted by atomic mass is 16.1. The van der Waals surface area contributed by atoms with E-state index in [0.29, 0.717) is 17.5 Å². The lowest BCUT2D eigenvalue weighted by molar-refractivity contribution is 0.516. The van der Waals surface area contributed by atoms with E-state index < -0.39 is 0 Å². The Morgan fingerprint density at radius 3 is 2.71 bits per heavy atom. The molecule has 0 fully saturated rings. The monoisotopic (exact) mass is 280 g/mol. The van der Waals surface area contributed by atoms with E-state index in [4.69, 9.17) is 0 Å². The SMILES string of the molecule is Cc1cccnc1C[C@H](C)n1cnc2ncccc2c1=O. The molecule has 3 rings (SSSR count). The second kappa shape index (κ2) is 5.44. The summed E-state index contributed by atoms with van der Waals surface area (Å²) in [6.45, 7) is 4.03. The van der Waals surface area contributed by atoms with Gasteiger partial charge in [-0.1, -0.05) is 6.07 Å². The molecule has 0 aromatic carbocycles. The lowest BCUT2D eigenvalue weighted by Crippen LogP contribution is -2.25. The number of nitrogens with zero attached hydrogens (tertiary/aromatic N) is 4. The Hall–Kier alpha value is -2.56. The molecule has 3 heterocycles. The number of rotatable bonds is 3. The third-order valence-electron chi connectivity index (χ3n) is 3.64. The van der Waals surface area contributed by atoms with Crippen LogP contribution in [0.3, 0.4) is 0 Å². The fourth-order valence-corrected chi connectivity index (χ4v) is 2.40. The lowest BCUT2D eigenvalue weighted by Gasteiger charge is -2.15. The van der Waals surface area contributed by atoms with E-state index in [1.165, 1.54) is 0 Å². The molecule has 0 unspecified atom stereocenters. The van der Waals surface area contributed by atoms with Crippen molar-refractivity contribution in [3.05, 3.63) is 64.6 Å². The number of aromatic nitrogens is 4. The Labute approximate surface area is 122 Å². The molecule has 106 valence electrons. The average Bonchev–Trinajstić information content (AvgIpc) is 2.50. The molecule has 0 aliphatic carbocycles. The van der Waals surface area contributed by atoms with Crippen molar-refractivity contribution in [2.24, 2.45) is 0 Å². The summed E-state index contributed by atoms with van der Waals surface area (Å²) >= 11 is 0. The molecule has 0 amide bonds. The predicted octanol–water partition coefficient (Wildman–Crippen LogP) is 2.30. The summed E-state index contributed by atoms with van der Waals surface area (Å²) < 4.78 is 1.65.